The van der Waals surface area contributed by atoms with E-state index in [0.717, 1.165) is 0 Å². The topological polar surface area (TPSA) is 32.9 Å². The van der Waals surface area contributed by atoms with Gasteiger partial charge in [-0.15, -0.1) is 0 Å². The van der Waals surface area contributed by atoms with Gasteiger partial charge in [0, 0.05) is 0 Å². The molecule has 0 aliphatic carbocycles. The van der Waals surface area contributed by atoms with Crippen LogP contribution in [0.2, 0.25) is 0 Å². The molecule has 0 atom stereocenters. The lowest BCUT2D eigenvalue weighted by Gasteiger charge is -2.01. The molecule has 0 radical (unpaired) electrons. The van der Waals surface area contributed by atoms with E-state index in [1.165, 1.54) is 6.07 Å². The summed E-state index contributed by atoms with van der Waals surface area (Å²) in [7, 11) is 0. The van der Waals surface area contributed by atoms with Crippen molar-refractivity contribution in [3.8, 4) is 0 Å². The zero-order valence-electron chi connectivity index (χ0n) is 6.20. The molecular formula is C7H6BrF2NO. The van der Waals surface area contributed by atoms with Gasteiger partial charge in [-0.1, -0.05) is 0 Å². The maximum absolute atomic E-state index is 12.1. The highest BCUT2D eigenvalue weighted by Crippen LogP contribution is 2.18. The van der Waals surface area contributed by atoms with Gasteiger partial charge in [0.2, 0.25) is 0 Å². The molecule has 0 saturated carbocycles. The number of rotatable bonds is 1. The van der Waals surface area contributed by atoms with Gasteiger partial charge in [-0.2, -0.15) is 0 Å². The molecule has 0 aromatic carbocycles. The van der Waals surface area contributed by atoms with Crippen LogP contribution in [-0.4, -0.2) is 4.98 Å². The quantitative estimate of drug-likeness (QED) is 0.748. The van der Waals surface area contributed by atoms with Crippen LogP contribution in [0, 0.1) is 6.92 Å². The third-order valence-corrected chi connectivity index (χ3v) is 2.26. The second kappa shape index (κ2) is 3.35. The molecule has 1 rings (SSSR count). The van der Waals surface area contributed by atoms with Crippen molar-refractivity contribution in [1.82, 2.24) is 4.98 Å². The Morgan fingerprint density at radius 3 is 2.67 bits per heavy atom. The second-order valence-electron chi connectivity index (χ2n) is 2.35. The summed E-state index contributed by atoms with van der Waals surface area (Å²) in [5.41, 5.74) is -0.650. The van der Waals surface area contributed by atoms with Gasteiger partial charge in [-0.25, -0.2) is 8.78 Å². The van der Waals surface area contributed by atoms with E-state index in [2.05, 4.69) is 20.9 Å². The number of hydrogen-bond acceptors (Lipinski definition) is 1. The van der Waals surface area contributed by atoms with Gasteiger partial charge in [-0.3, -0.25) is 4.79 Å². The summed E-state index contributed by atoms with van der Waals surface area (Å²) in [6, 6.07) is 1.17. The van der Waals surface area contributed by atoms with Crippen molar-refractivity contribution in [2.45, 2.75) is 13.3 Å². The van der Waals surface area contributed by atoms with E-state index in [1.807, 2.05) is 0 Å². The highest BCUT2D eigenvalue weighted by molar-refractivity contribution is 9.10. The van der Waals surface area contributed by atoms with Crippen LogP contribution < -0.4 is 5.56 Å². The van der Waals surface area contributed by atoms with Crippen molar-refractivity contribution >= 4 is 15.9 Å². The van der Waals surface area contributed by atoms with Crippen LogP contribution in [-0.2, 0) is 0 Å². The van der Waals surface area contributed by atoms with E-state index in [0.29, 0.717) is 10.2 Å². The average Bonchev–Trinajstić information content (AvgIpc) is 1.96. The summed E-state index contributed by atoms with van der Waals surface area (Å²) in [5.74, 6) is 0. The van der Waals surface area contributed by atoms with Crippen molar-refractivity contribution in [2.24, 2.45) is 0 Å². The number of alkyl halides is 2. The summed E-state index contributed by atoms with van der Waals surface area (Å²) >= 11 is 3.03. The monoisotopic (exact) mass is 237 g/mol. The van der Waals surface area contributed by atoms with Crippen LogP contribution in [0.4, 0.5) is 8.78 Å². The van der Waals surface area contributed by atoms with E-state index in [4.69, 9.17) is 0 Å². The fraction of sp³-hybridized carbons (Fsp3) is 0.286. The minimum atomic E-state index is -2.72. The Hall–Kier alpha value is -0.710. The fourth-order valence-electron chi connectivity index (χ4n) is 0.795. The van der Waals surface area contributed by atoms with Crippen LogP contribution in [0.15, 0.2) is 15.5 Å². The average molecular weight is 238 g/mol. The van der Waals surface area contributed by atoms with Crippen molar-refractivity contribution in [2.75, 3.05) is 0 Å². The molecular weight excluding hydrogens is 232 g/mol. The molecule has 0 fully saturated rings. The van der Waals surface area contributed by atoms with Gasteiger partial charge in [-0.05, 0) is 34.5 Å². The maximum Gasteiger partial charge on any atom is 0.269 e. The number of aromatic nitrogens is 1. The summed E-state index contributed by atoms with van der Waals surface area (Å²) in [4.78, 5) is 13.1. The highest BCUT2D eigenvalue weighted by Gasteiger charge is 2.12. The van der Waals surface area contributed by atoms with Crippen LogP contribution in [0.25, 0.3) is 0 Å². The number of H-pyrrole nitrogens is 1. The van der Waals surface area contributed by atoms with Crippen molar-refractivity contribution in [3.63, 3.8) is 0 Å². The largest absolute Gasteiger partial charge is 0.316 e. The third kappa shape index (κ3) is 1.72. The van der Waals surface area contributed by atoms with Crippen LogP contribution in [0.3, 0.4) is 0 Å². The number of hydrogen-bond donors (Lipinski definition) is 1. The predicted molar refractivity (Wildman–Crippen MR) is 44.5 cm³/mol. The first-order chi connectivity index (χ1) is 5.52. The molecule has 1 heterocycles. The van der Waals surface area contributed by atoms with Gasteiger partial charge in [0.25, 0.3) is 12.0 Å². The van der Waals surface area contributed by atoms with Gasteiger partial charge >= 0.3 is 0 Å². The molecule has 0 aliphatic heterocycles. The Morgan fingerprint density at radius 2 is 2.17 bits per heavy atom. The zero-order chi connectivity index (χ0) is 9.30. The SMILES string of the molecule is Cc1cc(C(F)F)c(=O)[nH]c1Br. The number of halogens is 3. The van der Waals surface area contributed by atoms with E-state index < -0.39 is 17.5 Å². The van der Waals surface area contributed by atoms with Gasteiger partial charge < -0.3 is 4.98 Å². The molecule has 12 heavy (non-hydrogen) atoms. The zero-order valence-corrected chi connectivity index (χ0v) is 7.78. The first-order valence-electron chi connectivity index (χ1n) is 3.20. The van der Waals surface area contributed by atoms with Crippen LogP contribution >= 0.6 is 15.9 Å². The molecule has 0 saturated heterocycles. The lowest BCUT2D eigenvalue weighted by Crippen LogP contribution is -2.13. The number of nitrogens with one attached hydrogen (secondary N) is 1. The molecule has 0 unspecified atom stereocenters. The summed E-state index contributed by atoms with van der Waals surface area (Å²) in [5, 5.41) is 0. The Morgan fingerprint density at radius 1 is 1.58 bits per heavy atom. The molecule has 1 aromatic heterocycles. The van der Waals surface area contributed by atoms with Crippen molar-refractivity contribution < 1.29 is 8.78 Å². The van der Waals surface area contributed by atoms with Gasteiger partial charge in [0.05, 0.1) is 10.2 Å². The third-order valence-electron chi connectivity index (χ3n) is 1.44. The van der Waals surface area contributed by atoms with E-state index in [-0.39, 0.29) is 0 Å². The summed E-state index contributed by atoms with van der Waals surface area (Å²) in [6.07, 6.45) is -2.72. The normalized spacial score (nSPS) is 10.8. The lowest BCUT2D eigenvalue weighted by molar-refractivity contribution is 0.149. The summed E-state index contributed by atoms with van der Waals surface area (Å²) < 4.78 is 24.7. The molecule has 0 spiro atoms. The minimum absolute atomic E-state index is 0.442. The Balaban J connectivity index is 3.33. The molecule has 66 valence electrons. The maximum atomic E-state index is 12.1. The predicted octanol–water partition coefficient (Wildman–Crippen LogP) is 2.38. The summed E-state index contributed by atoms with van der Waals surface area (Å²) in [6.45, 7) is 1.63. The number of aromatic amines is 1. The standard InChI is InChI=1S/C7H6BrF2NO/c1-3-2-4(6(9)10)7(12)11-5(3)8/h2,6H,1H3,(H,11,12). The number of pyridine rings is 1. The number of aryl methyl sites for hydroxylation is 1. The van der Waals surface area contributed by atoms with Gasteiger partial charge in [0.15, 0.2) is 0 Å². The smallest absolute Gasteiger partial charge is 0.269 e. The Kier molecular flexibility index (Phi) is 2.62. The molecule has 1 aromatic rings. The molecule has 2 nitrogen and oxygen atoms in total. The second-order valence-corrected chi connectivity index (χ2v) is 3.14. The first kappa shape index (κ1) is 9.38. The van der Waals surface area contributed by atoms with E-state index >= 15 is 0 Å². The molecule has 1 N–H and O–H groups in total. The first-order valence-corrected chi connectivity index (χ1v) is 3.99. The van der Waals surface area contributed by atoms with Crippen LogP contribution in [0.5, 0.6) is 0 Å². The Bertz CT molecular complexity index is 348. The lowest BCUT2D eigenvalue weighted by atomic mass is 10.2. The van der Waals surface area contributed by atoms with Gasteiger partial charge in [0.1, 0.15) is 0 Å². The Labute approximate surface area is 75.7 Å². The minimum Gasteiger partial charge on any atom is -0.316 e. The molecule has 0 bridgehead atoms. The molecule has 0 aliphatic rings. The van der Waals surface area contributed by atoms with E-state index in [9.17, 15) is 13.6 Å². The molecule has 0 amide bonds. The van der Waals surface area contributed by atoms with Crippen LogP contribution in [0.1, 0.15) is 17.6 Å². The van der Waals surface area contributed by atoms with E-state index in [1.54, 1.807) is 6.92 Å². The van der Waals surface area contributed by atoms with Crippen molar-refractivity contribution in [1.29, 1.82) is 0 Å². The molecule has 5 heteroatoms. The fourth-order valence-corrected chi connectivity index (χ4v) is 1.09. The van der Waals surface area contributed by atoms with Crippen molar-refractivity contribution in [3.05, 3.63) is 32.2 Å². The highest BCUT2D eigenvalue weighted by atomic mass is 79.9.